The van der Waals surface area contributed by atoms with Crippen molar-refractivity contribution in [2.45, 2.75) is 38.2 Å². The maximum atomic E-state index is 11.6. The zero-order chi connectivity index (χ0) is 7.94. The van der Waals surface area contributed by atoms with Crippen molar-refractivity contribution < 1.29 is 9.23 Å². The molecule has 0 aromatic carbocycles. The van der Waals surface area contributed by atoms with Crippen molar-refractivity contribution in [1.29, 1.82) is 0 Å². The van der Waals surface area contributed by atoms with Crippen LogP contribution in [0.1, 0.15) is 32.1 Å². The van der Waals surface area contributed by atoms with Crippen LogP contribution in [0.4, 0.5) is 4.39 Å². The van der Waals surface area contributed by atoms with Crippen LogP contribution in [0.5, 0.6) is 0 Å². The van der Waals surface area contributed by atoms with Crippen LogP contribution in [0.2, 0.25) is 0 Å². The van der Waals surface area contributed by atoms with Crippen molar-refractivity contribution in [1.82, 2.24) is 5.48 Å². The second-order valence-electron chi connectivity index (χ2n) is 2.96. The number of nitrogens with one attached hydrogen (secondary N) is 1. The number of halogens is 1. The van der Waals surface area contributed by atoms with Gasteiger partial charge in [-0.2, -0.15) is 0 Å². The van der Waals surface area contributed by atoms with E-state index in [4.69, 9.17) is 4.84 Å². The van der Waals surface area contributed by atoms with Gasteiger partial charge in [-0.3, -0.25) is 9.23 Å². The third-order valence-corrected chi connectivity index (χ3v) is 1.96. The van der Waals surface area contributed by atoms with Crippen molar-refractivity contribution in [3.05, 3.63) is 0 Å². The predicted octanol–water partition coefficient (Wildman–Crippen LogP) is 1.81. The molecule has 0 radical (unpaired) electrons. The van der Waals surface area contributed by atoms with Gasteiger partial charge < -0.3 is 0 Å². The van der Waals surface area contributed by atoms with E-state index < -0.39 is 0 Å². The molecule has 11 heavy (non-hydrogen) atoms. The Balaban J connectivity index is 1.86. The van der Waals surface area contributed by atoms with E-state index >= 15 is 0 Å². The summed E-state index contributed by atoms with van der Waals surface area (Å²) >= 11 is 0. The van der Waals surface area contributed by atoms with E-state index in [1.54, 1.807) is 0 Å². The minimum absolute atomic E-state index is 0.263. The maximum absolute atomic E-state index is 11.6. The molecule has 0 aromatic heterocycles. The number of rotatable bonds is 5. The molecule has 0 bridgehead atoms. The molecule has 0 heterocycles. The van der Waals surface area contributed by atoms with Crippen molar-refractivity contribution in [3.8, 4) is 0 Å². The quantitative estimate of drug-likeness (QED) is 0.490. The van der Waals surface area contributed by atoms with Gasteiger partial charge in [0, 0.05) is 6.54 Å². The van der Waals surface area contributed by atoms with Gasteiger partial charge in [0.25, 0.3) is 0 Å². The van der Waals surface area contributed by atoms with Gasteiger partial charge in [0.2, 0.25) is 0 Å². The highest BCUT2D eigenvalue weighted by molar-refractivity contribution is 4.65. The lowest BCUT2D eigenvalue weighted by molar-refractivity contribution is -0.0213. The second kappa shape index (κ2) is 5.49. The normalized spacial score (nSPS) is 19.4. The first-order chi connectivity index (χ1) is 5.43. The first-order valence-electron chi connectivity index (χ1n) is 4.38. The Morgan fingerprint density at radius 1 is 1.36 bits per heavy atom. The molecule has 0 aromatic rings. The monoisotopic (exact) mass is 161 g/mol. The van der Waals surface area contributed by atoms with Gasteiger partial charge in [-0.05, 0) is 19.3 Å². The first kappa shape index (κ1) is 8.94. The van der Waals surface area contributed by atoms with Crippen molar-refractivity contribution >= 4 is 0 Å². The van der Waals surface area contributed by atoms with E-state index in [9.17, 15) is 4.39 Å². The Bertz CT molecular complexity index is 94.1. The Hall–Kier alpha value is -0.150. The van der Waals surface area contributed by atoms with Gasteiger partial charge in [0.1, 0.15) is 0 Å². The van der Waals surface area contributed by atoms with E-state index in [-0.39, 0.29) is 6.67 Å². The van der Waals surface area contributed by atoms with Crippen LogP contribution in [0.15, 0.2) is 0 Å². The molecule has 0 amide bonds. The summed E-state index contributed by atoms with van der Waals surface area (Å²) in [6, 6.07) is 0. The molecule has 2 nitrogen and oxygen atoms in total. The molecule has 3 heteroatoms. The van der Waals surface area contributed by atoms with Crippen molar-refractivity contribution in [3.63, 3.8) is 0 Å². The minimum Gasteiger partial charge on any atom is -0.299 e. The molecule has 0 saturated heterocycles. The highest BCUT2D eigenvalue weighted by Gasteiger charge is 2.14. The topological polar surface area (TPSA) is 21.3 Å². The number of hydroxylamine groups is 1. The summed E-state index contributed by atoms with van der Waals surface area (Å²) in [7, 11) is 0. The highest BCUT2D eigenvalue weighted by atomic mass is 19.1. The molecule has 0 atom stereocenters. The molecule has 1 saturated carbocycles. The summed E-state index contributed by atoms with van der Waals surface area (Å²) in [5.74, 6) is 0. The fraction of sp³-hybridized carbons (Fsp3) is 1.00. The van der Waals surface area contributed by atoms with E-state index in [1.165, 1.54) is 12.8 Å². The summed E-state index contributed by atoms with van der Waals surface area (Å²) in [4.78, 5) is 5.29. The lowest BCUT2D eigenvalue weighted by atomic mass is 10.3. The zero-order valence-corrected chi connectivity index (χ0v) is 6.81. The smallest absolute Gasteiger partial charge is 0.0907 e. The van der Waals surface area contributed by atoms with Crippen molar-refractivity contribution in [2.24, 2.45) is 0 Å². The van der Waals surface area contributed by atoms with Crippen LogP contribution in [0.3, 0.4) is 0 Å². The molecule has 1 N–H and O–H groups in total. The molecule has 1 aliphatic rings. The average Bonchev–Trinajstić information content (AvgIpc) is 2.50. The SMILES string of the molecule is FCCCNOC1CCCC1. The van der Waals surface area contributed by atoms with Gasteiger partial charge in [-0.25, -0.2) is 5.48 Å². The highest BCUT2D eigenvalue weighted by Crippen LogP contribution is 2.19. The molecular weight excluding hydrogens is 145 g/mol. The van der Waals surface area contributed by atoms with Gasteiger partial charge in [-0.15, -0.1) is 0 Å². The number of hydrogen-bond acceptors (Lipinski definition) is 2. The van der Waals surface area contributed by atoms with Crippen LogP contribution in [0, 0.1) is 0 Å². The number of hydrogen-bond donors (Lipinski definition) is 1. The van der Waals surface area contributed by atoms with Gasteiger partial charge in [-0.1, -0.05) is 12.8 Å². The van der Waals surface area contributed by atoms with E-state index in [2.05, 4.69) is 5.48 Å². The summed E-state index contributed by atoms with van der Waals surface area (Å²) in [6.45, 7) is 0.369. The lowest BCUT2D eigenvalue weighted by Crippen LogP contribution is -2.22. The molecule has 1 aliphatic carbocycles. The predicted molar refractivity (Wildman–Crippen MR) is 41.9 cm³/mol. The zero-order valence-electron chi connectivity index (χ0n) is 6.81. The van der Waals surface area contributed by atoms with Crippen LogP contribution in [-0.4, -0.2) is 19.3 Å². The second-order valence-corrected chi connectivity index (χ2v) is 2.96. The molecule has 0 unspecified atom stereocenters. The Kier molecular flexibility index (Phi) is 4.47. The van der Waals surface area contributed by atoms with Gasteiger partial charge >= 0.3 is 0 Å². The summed E-state index contributed by atoms with van der Waals surface area (Å²) in [5.41, 5.74) is 2.79. The largest absolute Gasteiger partial charge is 0.299 e. The van der Waals surface area contributed by atoms with E-state index in [0.29, 0.717) is 19.1 Å². The molecule has 66 valence electrons. The Morgan fingerprint density at radius 2 is 2.09 bits per heavy atom. The van der Waals surface area contributed by atoms with Gasteiger partial charge in [0.15, 0.2) is 0 Å². The van der Waals surface area contributed by atoms with Crippen LogP contribution in [0.25, 0.3) is 0 Å². The molecule has 1 fully saturated rings. The Morgan fingerprint density at radius 3 is 2.73 bits per heavy atom. The van der Waals surface area contributed by atoms with E-state index in [0.717, 1.165) is 12.8 Å². The standard InChI is InChI=1S/C8H16FNO/c9-6-3-7-10-11-8-4-1-2-5-8/h8,10H,1-7H2. The summed E-state index contributed by atoms with van der Waals surface area (Å²) < 4.78 is 11.6. The molecular formula is C8H16FNO. The molecule has 0 aliphatic heterocycles. The first-order valence-corrected chi connectivity index (χ1v) is 4.38. The van der Waals surface area contributed by atoms with E-state index in [1.807, 2.05) is 0 Å². The molecule has 1 rings (SSSR count). The van der Waals surface area contributed by atoms with Crippen molar-refractivity contribution in [2.75, 3.05) is 13.2 Å². The Labute approximate surface area is 67.1 Å². The third kappa shape index (κ3) is 3.68. The lowest BCUT2D eigenvalue weighted by Gasteiger charge is -2.10. The summed E-state index contributed by atoms with van der Waals surface area (Å²) in [5, 5.41) is 0. The van der Waals surface area contributed by atoms with Crippen LogP contribution in [-0.2, 0) is 4.84 Å². The third-order valence-electron chi connectivity index (χ3n) is 1.96. The van der Waals surface area contributed by atoms with Gasteiger partial charge in [0.05, 0.1) is 12.8 Å². The average molecular weight is 161 g/mol. The minimum atomic E-state index is -0.263. The summed E-state index contributed by atoms with van der Waals surface area (Å²) in [6.07, 6.45) is 5.79. The number of alkyl halides is 1. The van der Waals surface area contributed by atoms with Crippen LogP contribution < -0.4 is 5.48 Å². The molecule has 0 spiro atoms. The van der Waals surface area contributed by atoms with Crippen LogP contribution >= 0.6 is 0 Å². The fourth-order valence-corrected chi connectivity index (χ4v) is 1.32. The maximum Gasteiger partial charge on any atom is 0.0907 e. The fourth-order valence-electron chi connectivity index (χ4n) is 1.32.